The van der Waals surface area contributed by atoms with Crippen LogP contribution in [0.4, 0.5) is 9.59 Å². The highest BCUT2D eigenvalue weighted by Gasteiger charge is 2.53. The van der Waals surface area contributed by atoms with Crippen molar-refractivity contribution in [3.63, 3.8) is 0 Å². The van der Waals surface area contributed by atoms with Crippen LogP contribution in [-0.4, -0.2) is 70.9 Å². The number of carboxylic acids is 1. The first-order valence-corrected chi connectivity index (χ1v) is 12.0. The van der Waals surface area contributed by atoms with E-state index in [-0.39, 0.29) is 37.5 Å². The smallest absolute Gasteiger partial charge is 0.410 e. The lowest BCUT2D eigenvalue weighted by Crippen LogP contribution is -2.46. The molecule has 2 aromatic rings. The van der Waals surface area contributed by atoms with Crippen molar-refractivity contribution in [2.45, 2.75) is 38.3 Å². The number of likely N-dealkylation sites (tertiary alicyclic amines) is 2. The molecule has 184 valence electrons. The van der Waals surface area contributed by atoms with Crippen molar-refractivity contribution in [3.8, 4) is 11.1 Å². The normalized spacial score (nSPS) is 23.0. The van der Waals surface area contributed by atoms with Gasteiger partial charge in [-0.1, -0.05) is 48.5 Å². The Kier molecular flexibility index (Phi) is 5.69. The third-order valence-electron chi connectivity index (χ3n) is 7.14. The van der Waals surface area contributed by atoms with Gasteiger partial charge in [-0.2, -0.15) is 0 Å². The number of rotatable bonds is 3. The van der Waals surface area contributed by atoms with Crippen molar-refractivity contribution in [3.05, 3.63) is 59.7 Å². The Morgan fingerprint density at radius 1 is 0.914 bits per heavy atom. The Balaban J connectivity index is 1.27. The quantitative estimate of drug-likeness (QED) is 0.711. The Bertz CT molecular complexity index is 1130. The van der Waals surface area contributed by atoms with Gasteiger partial charge < -0.3 is 19.5 Å². The van der Waals surface area contributed by atoms with Gasteiger partial charge in [0.1, 0.15) is 18.2 Å². The van der Waals surface area contributed by atoms with E-state index in [1.807, 2.05) is 36.4 Å². The summed E-state index contributed by atoms with van der Waals surface area (Å²) in [5.41, 5.74) is 3.83. The predicted molar refractivity (Wildman–Crippen MR) is 128 cm³/mol. The SMILES string of the molecule is CC(C)(C)OC(=O)N1C[C@@H]2CN(C(=O)OCC3c4ccccc4-c4ccccc43)C(C(=O)O)[C@@H]2C1. The lowest BCUT2D eigenvalue weighted by atomic mass is 9.94. The molecular weight excluding hydrogens is 448 g/mol. The summed E-state index contributed by atoms with van der Waals surface area (Å²) in [5, 5.41) is 9.95. The molecule has 0 saturated carbocycles. The zero-order valence-corrected chi connectivity index (χ0v) is 20.1. The summed E-state index contributed by atoms with van der Waals surface area (Å²) < 4.78 is 11.2. The number of carbonyl (C=O) groups is 3. The molecule has 8 nitrogen and oxygen atoms in total. The van der Waals surface area contributed by atoms with Crippen LogP contribution < -0.4 is 0 Å². The van der Waals surface area contributed by atoms with Gasteiger partial charge in [-0.05, 0) is 43.0 Å². The topological polar surface area (TPSA) is 96.4 Å². The third-order valence-corrected chi connectivity index (χ3v) is 7.14. The van der Waals surface area contributed by atoms with Crippen molar-refractivity contribution in [2.75, 3.05) is 26.2 Å². The lowest BCUT2D eigenvalue weighted by Gasteiger charge is -2.28. The molecule has 35 heavy (non-hydrogen) atoms. The number of aliphatic carboxylic acids is 1. The number of hydrogen-bond acceptors (Lipinski definition) is 5. The number of carboxylic acid groups (broad SMARTS) is 1. The maximum Gasteiger partial charge on any atom is 0.410 e. The fourth-order valence-electron chi connectivity index (χ4n) is 5.70. The molecule has 0 aromatic heterocycles. The first kappa shape index (κ1) is 23.2. The van der Waals surface area contributed by atoms with Crippen molar-refractivity contribution in [2.24, 2.45) is 11.8 Å². The molecule has 2 amide bonds. The van der Waals surface area contributed by atoms with Crippen molar-refractivity contribution in [1.82, 2.24) is 9.80 Å². The molecule has 2 heterocycles. The van der Waals surface area contributed by atoms with Crippen LogP contribution in [0, 0.1) is 11.8 Å². The highest BCUT2D eigenvalue weighted by molar-refractivity contribution is 5.82. The number of fused-ring (bicyclic) bond motifs is 4. The Morgan fingerprint density at radius 2 is 1.51 bits per heavy atom. The molecule has 5 rings (SSSR count). The monoisotopic (exact) mass is 478 g/mol. The minimum Gasteiger partial charge on any atom is -0.480 e. The molecule has 0 spiro atoms. The molecule has 2 aromatic carbocycles. The lowest BCUT2D eigenvalue weighted by molar-refractivity contribution is -0.143. The van der Waals surface area contributed by atoms with Gasteiger partial charge in [-0.25, -0.2) is 14.4 Å². The van der Waals surface area contributed by atoms with Crippen LogP contribution >= 0.6 is 0 Å². The second-order valence-corrected chi connectivity index (χ2v) is 10.5. The standard InChI is InChI=1S/C27H30N2O6/c1-27(2,3)35-25(32)28-12-16-13-29(23(24(30)31)21(16)14-28)26(33)34-15-22-19-10-6-4-8-17(19)18-9-5-7-11-20(18)22/h4-11,16,21-23H,12-15H2,1-3H3,(H,30,31)/t16-,21-,23?/m1/s1. The van der Waals surface area contributed by atoms with E-state index in [0.717, 1.165) is 22.3 Å². The minimum atomic E-state index is -1.09. The molecule has 0 radical (unpaired) electrons. The van der Waals surface area contributed by atoms with E-state index < -0.39 is 29.8 Å². The summed E-state index contributed by atoms with van der Waals surface area (Å²) in [4.78, 5) is 40.6. The summed E-state index contributed by atoms with van der Waals surface area (Å²) in [5.74, 6) is -1.68. The van der Waals surface area contributed by atoms with E-state index in [0.29, 0.717) is 6.54 Å². The van der Waals surface area contributed by atoms with E-state index in [4.69, 9.17) is 9.47 Å². The van der Waals surface area contributed by atoms with Crippen LogP contribution in [-0.2, 0) is 14.3 Å². The fourth-order valence-corrected chi connectivity index (χ4v) is 5.70. The number of benzene rings is 2. The molecule has 3 aliphatic rings. The van der Waals surface area contributed by atoms with E-state index in [1.54, 1.807) is 25.7 Å². The first-order chi connectivity index (χ1) is 16.6. The number of carbonyl (C=O) groups excluding carboxylic acids is 2. The molecule has 8 heteroatoms. The summed E-state index contributed by atoms with van der Waals surface area (Å²) in [6, 6.07) is 15.1. The Morgan fingerprint density at radius 3 is 2.09 bits per heavy atom. The van der Waals surface area contributed by atoms with Crippen LogP contribution in [0.2, 0.25) is 0 Å². The molecular formula is C27H30N2O6. The second-order valence-electron chi connectivity index (χ2n) is 10.5. The maximum absolute atomic E-state index is 13.1. The molecule has 3 atom stereocenters. The molecule has 0 bridgehead atoms. The van der Waals surface area contributed by atoms with Crippen LogP contribution in [0.25, 0.3) is 11.1 Å². The van der Waals surface area contributed by atoms with Crippen LogP contribution in [0.15, 0.2) is 48.5 Å². The maximum atomic E-state index is 13.1. The van der Waals surface area contributed by atoms with Crippen molar-refractivity contribution in [1.29, 1.82) is 0 Å². The van der Waals surface area contributed by atoms with E-state index in [1.165, 1.54) is 4.90 Å². The summed E-state index contributed by atoms with van der Waals surface area (Å²) in [6.45, 7) is 6.34. The summed E-state index contributed by atoms with van der Waals surface area (Å²) in [7, 11) is 0. The number of amides is 2. The molecule has 2 aliphatic heterocycles. The van der Waals surface area contributed by atoms with Gasteiger partial charge in [-0.15, -0.1) is 0 Å². The average Bonchev–Trinajstić information content (AvgIpc) is 3.45. The Hall–Kier alpha value is -3.55. The molecule has 1 aliphatic carbocycles. The van der Waals surface area contributed by atoms with E-state index in [9.17, 15) is 19.5 Å². The van der Waals surface area contributed by atoms with Gasteiger partial charge >= 0.3 is 18.2 Å². The number of hydrogen-bond donors (Lipinski definition) is 1. The van der Waals surface area contributed by atoms with Gasteiger partial charge in [-0.3, -0.25) is 4.90 Å². The summed E-state index contributed by atoms with van der Waals surface area (Å²) >= 11 is 0. The molecule has 1 N–H and O–H groups in total. The highest BCUT2D eigenvalue weighted by atomic mass is 16.6. The van der Waals surface area contributed by atoms with Gasteiger partial charge in [0.2, 0.25) is 0 Å². The zero-order valence-electron chi connectivity index (χ0n) is 20.1. The largest absolute Gasteiger partial charge is 0.480 e. The van der Waals surface area contributed by atoms with Crippen molar-refractivity contribution < 1.29 is 29.0 Å². The first-order valence-electron chi connectivity index (χ1n) is 12.0. The van der Waals surface area contributed by atoms with Gasteiger partial charge in [0.05, 0.1) is 0 Å². The minimum absolute atomic E-state index is 0.0978. The van der Waals surface area contributed by atoms with Crippen LogP contribution in [0.1, 0.15) is 37.8 Å². The van der Waals surface area contributed by atoms with Gasteiger partial charge in [0.25, 0.3) is 0 Å². The van der Waals surface area contributed by atoms with E-state index >= 15 is 0 Å². The highest BCUT2D eigenvalue weighted by Crippen LogP contribution is 2.45. The van der Waals surface area contributed by atoms with Gasteiger partial charge in [0, 0.05) is 37.4 Å². The Labute approximate surface area is 204 Å². The molecule has 2 saturated heterocycles. The number of ether oxygens (including phenoxy) is 2. The van der Waals surface area contributed by atoms with E-state index in [2.05, 4.69) is 12.1 Å². The second kappa shape index (κ2) is 8.59. The van der Waals surface area contributed by atoms with Crippen LogP contribution in [0.3, 0.4) is 0 Å². The van der Waals surface area contributed by atoms with Crippen molar-refractivity contribution >= 4 is 18.2 Å². The zero-order chi connectivity index (χ0) is 24.9. The average molecular weight is 479 g/mol. The summed E-state index contributed by atoms with van der Waals surface area (Å²) in [6.07, 6.45) is -1.08. The molecule has 1 unspecified atom stereocenters. The third kappa shape index (κ3) is 4.22. The van der Waals surface area contributed by atoms with Gasteiger partial charge in [0.15, 0.2) is 0 Å². The predicted octanol–water partition coefficient (Wildman–Crippen LogP) is 4.19. The fraction of sp³-hybridized carbons (Fsp3) is 0.444. The molecule has 2 fully saturated rings. The van der Waals surface area contributed by atoms with Crippen LogP contribution in [0.5, 0.6) is 0 Å². The number of nitrogens with zero attached hydrogens (tertiary/aromatic N) is 2.